The molecule has 1 saturated carbocycles. The molecule has 35 heavy (non-hydrogen) atoms. The summed E-state index contributed by atoms with van der Waals surface area (Å²) in [7, 11) is 3.41. The van der Waals surface area contributed by atoms with Crippen LogP contribution in [0.2, 0.25) is 0 Å². The maximum absolute atomic E-state index is 12.5. The molecule has 1 aromatic carbocycles. The molecule has 10 nitrogen and oxygen atoms in total. The summed E-state index contributed by atoms with van der Waals surface area (Å²) >= 11 is 0. The topological polar surface area (TPSA) is 120 Å². The summed E-state index contributed by atoms with van der Waals surface area (Å²) in [5.74, 6) is -0.560. The van der Waals surface area contributed by atoms with Gasteiger partial charge < -0.3 is 19.5 Å². The van der Waals surface area contributed by atoms with E-state index in [2.05, 4.69) is 15.3 Å². The van der Waals surface area contributed by atoms with Crippen LogP contribution in [0.3, 0.4) is 0 Å². The van der Waals surface area contributed by atoms with Gasteiger partial charge in [-0.05, 0) is 43.4 Å². The minimum atomic E-state index is -0.770. The van der Waals surface area contributed by atoms with Gasteiger partial charge in [0.15, 0.2) is 0 Å². The second-order valence-corrected chi connectivity index (χ2v) is 8.73. The summed E-state index contributed by atoms with van der Waals surface area (Å²) in [4.78, 5) is 29.7. The van der Waals surface area contributed by atoms with Gasteiger partial charge in [0.2, 0.25) is 0 Å². The molecular formula is C25H29N5O5. The number of carboxylic acids is 1. The molecule has 1 unspecified atom stereocenters. The third kappa shape index (κ3) is 6.14. The molecule has 1 aliphatic rings. The zero-order valence-corrected chi connectivity index (χ0v) is 19.8. The van der Waals surface area contributed by atoms with E-state index in [4.69, 9.17) is 9.47 Å². The van der Waals surface area contributed by atoms with Gasteiger partial charge in [0, 0.05) is 20.6 Å². The molecule has 2 aromatic heterocycles. The maximum Gasteiger partial charge on any atom is 0.410 e. The number of aliphatic carboxylic acids is 1. The summed E-state index contributed by atoms with van der Waals surface area (Å²) in [5, 5.41) is 17.5. The number of aryl methyl sites for hydroxylation is 1. The summed E-state index contributed by atoms with van der Waals surface area (Å²) in [6.45, 7) is 0.433. The van der Waals surface area contributed by atoms with Crippen molar-refractivity contribution in [2.75, 3.05) is 7.05 Å². The normalized spacial score (nSPS) is 17.5. The number of amides is 1. The smallest absolute Gasteiger partial charge is 0.410 e. The Hall–Kier alpha value is -3.95. The zero-order valence-electron chi connectivity index (χ0n) is 19.8. The van der Waals surface area contributed by atoms with Crippen molar-refractivity contribution in [3.05, 3.63) is 59.9 Å². The number of carboxylic acid groups (broad SMARTS) is 1. The van der Waals surface area contributed by atoms with Crippen LogP contribution < -0.4 is 4.74 Å². The molecular weight excluding hydrogens is 450 g/mol. The number of nitrogens with zero attached hydrogens (tertiary/aromatic N) is 5. The number of benzene rings is 1. The molecule has 10 heteroatoms. The number of hydrogen-bond acceptors (Lipinski definition) is 7. The van der Waals surface area contributed by atoms with Crippen molar-refractivity contribution in [2.45, 2.75) is 44.9 Å². The Morgan fingerprint density at radius 1 is 1.17 bits per heavy atom. The molecule has 3 aromatic rings. The Labute approximate surface area is 203 Å². The molecule has 184 valence electrons. The number of carbonyl (C=O) groups excluding carboxylic acids is 1. The van der Waals surface area contributed by atoms with Gasteiger partial charge in [-0.2, -0.15) is 0 Å². The highest BCUT2D eigenvalue weighted by Crippen LogP contribution is 2.29. The van der Waals surface area contributed by atoms with Gasteiger partial charge in [0.25, 0.3) is 0 Å². The summed E-state index contributed by atoms with van der Waals surface area (Å²) < 4.78 is 13.0. The van der Waals surface area contributed by atoms with Gasteiger partial charge in [-0.25, -0.2) is 9.48 Å². The van der Waals surface area contributed by atoms with Crippen molar-refractivity contribution in [1.82, 2.24) is 24.9 Å². The first-order chi connectivity index (χ1) is 16.9. The van der Waals surface area contributed by atoms with Crippen molar-refractivity contribution >= 4 is 12.1 Å². The van der Waals surface area contributed by atoms with Gasteiger partial charge in [-0.15, -0.1) is 5.10 Å². The van der Waals surface area contributed by atoms with E-state index in [1.54, 1.807) is 37.1 Å². The van der Waals surface area contributed by atoms with Crippen molar-refractivity contribution < 1.29 is 24.2 Å². The number of aromatic nitrogens is 4. The molecule has 1 amide bonds. The van der Waals surface area contributed by atoms with Crippen LogP contribution in [0.4, 0.5) is 4.79 Å². The lowest BCUT2D eigenvalue weighted by molar-refractivity contribution is -0.143. The third-order valence-corrected chi connectivity index (χ3v) is 6.11. The van der Waals surface area contributed by atoms with Crippen molar-refractivity contribution in [3.8, 4) is 17.1 Å². The molecule has 0 radical (unpaired) electrons. The molecule has 1 fully saturated rings. The predicted molar refractivity (Wildman–Crippen MR) is 126 cm³/mol. The zero-order chi connectivity index (χ0) is 24.8. The molecule has 1 N–H and O–H groups in total. The lowest BCUT2D eigenvalue weighted by Crippen LogP contribution is -2.29. The lowest BCUT2D eigenvalue weighted by atomic mass is 9.87. The molecule has 2 heterocycles. The molecule has 0 spiro atoms. The largest absolute Gasteiger partial charge is 0.489 e. The number of carbonyl (C=O) groups is 2. The second kappa shape index (κ2) is 11.0. The number of hydrogen-bond donors (Lipinski definition) is 1. The van der Waals surface area contributed by atoms with E-state index in [9.17, 15) is 14.7 Å². The van der Waals surface area contributed by atoms with Gasteiger partial charge in [0.05, 0.1) is 23.9 Å². The lowest BCUT2D eigenvalue weighted by Gasteiger charge is -2.27. The van der Waals surface area contributed by atoms with Gasteiger partial charge in [-0.1, -0.05) is 35.5 Å². The fraction of sp³-hybridized carbons (Fsp3) is 0.400. The Morgan fingerprint density at radius 3 is 2.69 bits per heavy atom. The fourth-order valence-corrected chi connectivity index (χ4v) is 4.16. The molecule has 0 saturated heterocycles. The number of ether oxygens (including phenoxy) is 2. The van der Waals surface area contributed by atoms with E-state index in [0.717, 1.165) is 18.4 Å². The van der Waals surface area contributed by atoms with Crippen LogP contribution in [0, 0.1) is 5.92 Å². The predicted octanol–water partition coefficient (Wildman–Crippen LogP) is 3.67. The highest BCUT2D eigenvalue weighted by molar-refractivity contribution is 5.70. The third-order valence-electron chi connectivity index (χ3n) is 6.11. The van der Waals surface area contributed by atoms with E-state index in [1.165, 1.54) is 4.90 Å². The summed E-state index contributed by atoms with van der Waals surface area (Å²) in [6.07, 6.45) is 3.84. The molecule has 2 atom stereocenters. The summed E-state index contributed by atoms with van der Waals surface area (Å²) in [5.41, 5.74) is 2.71. The second-order valence-electron chi connectivity index (χ2n) is 8.73. The van der Waals surface area contributed by atoms with E-state index >= 15 is 0 Å². The van der Waals surface area contributed by atoms with E-state index < -0.39 is 12.1 Å². The first-order valence-corrected chi connectivity index (χ1v) is 11.6. The number of rotatable bonds is 8. The number of pyridine rings is 1. The van der Waals surface area contributed by atoms with Crippen LogP contribution in [-0.4, -0.2) is 55.2 Å². The SMILES string of the molecule is CN(Cc1ccccc1)C(=O)OCc1c(-c2ccc(OC3CCC[C@H](C(=O)O)C3)cn2)nnn1C. The van der Waals surface area contributed by atoms with Crippen LogP contribution in [0.5, 0.6) is 5.75 Å². The monoisotopic (exact) mass is 479 g/mol. The van der Waals surface area contributed by atoms with Crippen LogP contribution in [0.25, 0.3) is 11.4 Å². The van der Waals surface area contributed by atoms with E-state index in [1.807, 2.05) is 30.3 Å². The van der Waals surface area contributed by atoms with Crippen molar-refractivity contribution in [3.63, 3.8) is 0 Å². The minimum absolute atomic E-state index is 0.00458. The van der Waals surface area contributed by atoms with E-state index in [-0.39, 0.29) is 18.6 Å². The quantitative estimate of drug-likeness (QED) is 0.520. The first-order valence-electron chi connectivity index (χ1n) is 11.6. The van der Waals surface area contributed by atoms with E-state index in [0.29, 0.717) is 42.2 Å². The maximum atomic E-state index is 12.5. The fourth-order valence-electron chi connectivity index (χ4n) is 4.16. The summed E-state index contributed by atoms with van der Waals surface area (Å²) in [6, 6.07) is 13.2. The highest BCUT2D eigenvalue weighted by Gasteiger charge is 2.28. The molecule has 1 aliphatic carbocycles. The van der Waals surface area contributed by atoms with Crippen molar-refractivity contribution in [2.24, 2.45) is 13.0 Å². The van der Waals surface area contributed by atoms with Gasteiger partial charge in [-0.3, -0.25) is 9.78 Å². The van der Waals surface area contributed by atoms with Crippen LogP contribution in [0.1, 0.15) is 36.9 Å². The average molecular weight is 480 g/mol. The Morgan fingerprint density at radius 2 is 1.97 bits per heavy atom. The Kier molecular flexibility index (Phi) is 7.59. The van der Waals surface area contributed by atoms with Crippen LogP contribution >= 0.6 is 0 Å². The molecule has 0 bridgehead atoms. The van der Waals surface area contributed by atoms with Crippen LogP contribution in [-0.2, 0) is 29.7 Å². The minimum Gasteiger partial charge on any atom is -0.489 e. The Bertz CT molecular complexity index is 1150. The van der Waals surface area contributed by atoms with Gasteiger partial charge >= 0.3 is 12.1 Å². The van der Waals surface area contributed by atoms with Crippen molar-refractivity contribution in [1.29, 1.82) is 0 Å². The average Bonchev–Trinajstić information content (AvgIpc) is 3.23. The Balaban J connectivity index is 1.37. The molecule has 0 aliphatic heterocycles. The first kappa shape index (κ1) is 24.2. The van der Waals surface area contributed by atoms with Gasteiger partial charge in [0.1, 0.15) is 23.7 Å². The molecule has 4 rings (SSSR count). The standard InChI is InChI=1S/C25H29N5O5/c1-29(15-17-7-4-3-5-8-17)25(33)34-16-22-23(27-28-30(22)2)21-12-11-20(14-26-21)35-19-10-6-9-18(13-19)24(31)32/h3-5,7-8,11-12,14,18-19H,6,9-10,13,15-16H2,1-2H3,(H,31,32)/t18-,19?/m0/s1. The van der Waals surface area contributed by atoms with Crippen LogP contribution in [0.15, 0.2) is 48.7 Å². The highest BCUT2D eigenvalue weighted by atomic mass is 16.6.